The van der Waals surface area contributed by atoms with Crippen LogP contribution >= 0.6 is 63.7 Å². The van der Waals surface area contributed by atoms with Crippen LogP contribution in [0.1, 0.15) is 5.56 Å². The minimum Gasteiger partial charge on any atom is -0.454 e. The highest BCUT2D eigenvalue weighted by Crippen LogP contribution is 2.38. The molecule has 0 unspecified atom stereocenters. The van der Waals surface area contributed by atoms with Gasteiger partial charge >= 0.3 is 0 Å². The van der Waals surface area contributed by atoms with Crippen molar-refractivity contribution in [2.75, 3.05) is 12.1 Å². The highest BCUT2D eigenvalue weighted by atomic mass is 79.9. The molecule has 0 bridgehead atoms. The van der Waals surface area contributed by atoms with E-state index in [0.717, 1.165) is 40.6 Å². The monoisotopic (exact) mass is 539 g/mol. The zero-order valence-electron chi connectivity index (χ0n) is 10.6. The Morgan fingerprint density at radius 2 is 1.48 bits per heavy atom. The Hall–Kier alpha value is -0.240. The quantitative estimate of drug-likeness (QED) is 0.510. The van der Waals surface area contributed by atoms with Crippen molar-refractivity contribution in [3.05, 3.63) is 47.7 Å². The Balaban J connectivity index is 1.83. The largest absolute Gasteiger partial charge is 0.454 e. The fraction of sp³-hybridized carbons (Fsp3) is 0.143. The van der Waals surface area contributed by atoms with Crippen molar-refractivity contribution in [1.29, 1.82) is 0 Å². The van der Waals surface area contributed by atoms with Gasteiger partial charge in [-0.15, -0.1) is 0 Å². The SMILES string of the molecule is Brc1cc(Br)c(NCc2cc3c(cc2Br)OCO3)c(Br)c1. The van der Waals surface area contributed by atoms with Gasteiger partial charge in [0.1, 0.15) is 0 Å². The Morgan fingerprint density at radius 3 is 2.14 bits per heavy atom. The van der Waals surface area contributed by atoms with E-state index < -0.39 is 0 Å². The number of ether oxygens (including phenoxy) is 2. The molecule has 1 N–H and O–H groups in total. The first kappa shape index (κ1) is 15.6. The first-order valence-corrected chi connectivity index (χ1v) is 9.18. The van der Waals surface area contributed by atoms with Gasteiger partial charge in [-0.25, -0.2) is 0 Å². The molecule has 2 aromatic carbocycles. The van der Waals surface area contributed by atoms with Crippen LogP contribution < -0.4 is 14.8 Å². The minimum atomic E-state index is 0.280. The molecule has 0 atom stereocenters. The summed E-state index contributed by atoms with van der Waals surface area (Å²) >= 11 is 14.2. The first-order chi connectivity index (χ1) is 10.0. The van der Waals surface area contributed by atoms with Crippen molar-refractivity contribution in [3.8, 4) is 11.5 Å². The lowest BCUT2D eigenvalue weighted by Crippen LogP contribution is -2.02. The molecule has 0 saturated carbocycles. The summed E-state index contributed by atoms with van der Waals surface area (Å²) in [7, 11) is 0. The Labute approximate surface area is 155 Å². The maximum Gasteiger partial charge on any atom is 0.231 e. The van der Waals surface area contributed by atoms with Gasteiger partial charge in [-0.1, -0.05) is 31.9 Å². The van der Waals surface area contributed by atoms with Crippen molar-refractivity contribution >= 4 is 69.4 Å². The predicted molar refractivity (Wildman–Crippen MR) is 97.1 cm³/mol. The Morgan fingerprint density at radius 1 is 0.857 bits per heavy atom. The molecule has 0 radical (unpaired) electrons. The predicted octanol–water partition coefficient (Wildman–Crippen LogP) is 6.08. The molecule has 1 aliphatic rings. The van der Waals surface area contributed by atoms with Gasteiger partial charge in [-0.05, 0) is 61.7 Å². The van der Waals surface area contributed by atoms with E-state index in [4.69, 9.17) is 9.47 Å². The topological polar surface area (TPSA) is 30.5 Å². The fourth-order valence-corrected chi connectivity index (χ4v) is 4.99. The summed E-state index contributed by atoms with van der Waals surface area (Å²) < 4.78 is 14.7. The molecule has 1 aliphatic heterocycles. The molecule has 1 heterocycles. The molecule has 0 fully saturated rings. The van der Waals surface area contributed by atoms with E-state index in [1.165, 1.54) is 0 Å². The van der Waals surface area contributed by atoms with Gasteiger partial charge in [0.15, 0.2) is 11.5 Å². The molecule has 0 aromatic heterocycles. The van der Waals surface area contributed by atoms with E-state index in [9.17, 15) is 0 Å². The lowest BCUT2D eigenvalue weighted by atomic mass is 10.2. The molecule has 3 nitrogen and oxygen atoms in total. The highest BCUT2D eigenvalue weighted by Gasteiger charge is 2.16. The minimum absolute atomic E-state index is 0.280. The van der Waals surface area contributed by atoms with Crippen LogP contribution in [0, 0.1) is 0 Å². The van der Waals surface area contributed by atoms with Crippen LogP contribution in [-0.2, 0) is 6.54 Å². The number of hydrogen-bond acceptors (Lipinski definition) is 3. The normalized spacial score (nSPS) is 12.6. The number of halogens is 4. The fourth-order valence-electron chi connectivity index (χ4n) is 1.99. The van der Waals surface area contributed by atoms with Crippen LogP contribution in [0.5, 0.6) is 11.5 Å². The van der Waals surface area contributed by atoms with Crippen molar-refractivity contribution < 1.29 is 9.47 Å². The number of anilines is 1. The molecule has 21 heavy (non-hydrogen) atoms. The zero-order chi connectivity index (χ0) is 15.0. The van der Waals surface area contributed by atoms with E-state index >= 15 is 0 Å². The Kier molecular flexibility index (Phi) is 4.83. The molecule has 0 saturated heterocycles. The van der Waals surface area contributed by atoms with Gasteiger partial charge in [0.2, 0.25) is 6.79 Å². The molecule has 110 valence electrons. The van der Waals surface area contributed by atoms with Crippen LogP contribution in [-0.4, -0.2) is 6.79 Å². The highest BCUT2D eigenvalue weighted by molar-refractivity contribution is 9.11. The summed E-state index contributed by atoms with van der Waals surface area (Å²) in [5, 5.41) is 3.42. The number of fused-ring (bicyclic) bond motifs is 1. The van der Waals surface area contributed by atoms with E-state index in [1.54, 1.807) is 0 Å². The summed E-state index contributed by atoms with van der Waals surface area (Å²) in [6.07, 6.45) is 0. The molecular formula is C14H9Br4NO2. The zero-order valence-corrected chi connectivity index (χ0v) is 16.9. The van der Waals surface area contributed by atoms with Crippen LogP contribution in [0.4, 0.5) is 5.69 Å². The van der Waals surface area contributed by atoms with Gasteiger partial charge in [-0.2, -0.15) is 0 Å². The first-order valence-electron chi connectivity index (χ1n) is 6.01. The van der Waals surface area contributed by atoms with E-state index in [0.29, 0.717) is 6.54 Å². The van der Waals surface area contributed by atoms with Crippen molar-refractivity contribution in [1.82, 2.24) is 0 Å². The van der Waals surface area contributed by atoms with E-state index in [1.807, 2.05) is 24.3 Å². The van der Waals surface area contributed by atoms with Gasteiger partial charge in [0.25, 0.3) is 0 Å². The summed E-state index contributed by atoms with van der Waals surface area (Å²) in [6.45, 7) is 0.943. The smallest absolute Gasteiger partial charge is 0.231 e. The van der Waals surface area contributed by atoms with Crippen LogP contribution in [0.2, 0.25) is 0 Å². The third-order valence-electron chi connectivity index (χ3n) is 3.00. The van der Waals surface area contributed by atoms with E-state index in [-0.39, 0.29) is 6.79 Å². The molecule has 0 amide bonds. The number of nitrogens with one attached hydrogen (secondary N) is 1. The Bertz CT molecular complexity index is 683. The summed E-state index contributed by atoms with van der Waals surface area (Å²) in [4.78, 5) is 0. The van der Waals surface area contributed by atoms with Gasteiger partial charge in [0.05, 0.1) is 5.69 Å². The van der Waals surface area contributed by atoms with Crippen molar-refractivity contribution in [2.24, 2.45) is 0 Å². The standard InChI is InChI=1S/C14H9Br4NO2/c15-8-2-10(17)14(11(18)3-8)19-5-7-1-12-13(4-9(7)16)21-6-20-12/h1-4,19H,5-6H2. The number of benzene rings is 2. The molecular weight excluding hydrogens is 534 g/mol. The molecule has 0 aliphatic carbocycles. The lowest BCUT2D eigenvalue weighted by Gasteiger charge is -2.13. The van der Waals surface area contributed by atoms with Crippen LogP contribution in [0.25, 0.3) is 0 Å². The number of hydrogen-bond donors (Lipinski definition) is 1. The number of rotatable bonds is 3. The summed E-state index contributed by atoms with van der Waals surface area (Å²) in [5.41, 5.74) is 2.10. The summed E-state index contributed by atoms with van der Waals surface area (Å²) in [5.74, 6) is 1.56. The molecule has 7 heteroatoms. The van der Waals surface area contributed by atoms with Crippen LogP contribution in [0.3, 0.4) is 0 Å². The van der Waals surface area contributed by atoms with Crippen LogP contribution in [0.15, 0.2) is 42.2 Å². The maximum atomic E-state index is 5.41. The van der Waals surface area contributed by atoms with Gasteiger partial charge in [0, 0.05) is 24.4 Å². The molecule has 3 rings (SSSR count). The molecule has 2 aromatic rings. The van der Waals surface area contributed by atoms with Gasteiger partial charge < -0.3 is 14.8 Å². The summed E-state index contributed by atoms with van der Waals surface area (Å²) in [6, 6.07) is 7.93. The van der Waals surface area contributed by atoms with Crippen molar-refractivity contribution in [2.45, 2.75) is 6.54 Å². The molecule has 0 spiro atoms. The van der Waals surface area contributed by atoms with Gasteiger partial charge in [-0.3, -0.25) is 0 Å². The van der Waals surface area contributed by atoms with Crippen molar-refractivity contribution in [3.63, 3.8) is 0 Å². The average molecular weight is 543 g/mol. The second-order valence-electron chi connectivity index (χ2n) is 4.39. The third kappa shape index (κ3) is 3.41. The average Bonchev–Trinajstić information content (AvgIpc) is 2.84. The third-order valence-corrected chi connectivity index (χ3v) is 5.45. The second-order valence-corrected chi connectivity index (χ2v) is 7.87. The second kappa shape index (κ2) is 6.48. The van der Waals surface area contributed by atoms with E-state index in [2.05, 4.69) is 69.0 Å². The maximum absolute atomic E-state index is 5.41. The lowest BCUT2D eigenvalue weighted by molar-refractivity contribution is 0.174.